The Balaban J connectivity index is 2.63. The summed E-state index contributed by atoms with van der Waals surface area (Å²) >= 11 is 5.59. The van der Waals surface area contributed by atoms with Crippen molar-refractivity contribution in [3.8, 4) is 0 Å². The molecule has 1 fully saturated rings. The van der Waals surface area contributed by atoms with Gasteiger partial charge in [0.05, 0.1) is 12.0 Å². The maximum absolute atomic E-state index is 9.19. The second-order valence-corrected chi connectivity index (χ2v) is 3.18. The lowest BCUT2D eigenvalue weighted by Crippen LogP contribution is -2.56. The first kappa shape index (κ1) is 10.2. The van der Waals surface area contributed by atoms with Crippen LogP contribution in [-0.2, 0) is 4.74 Å². The lowest BCUT2D eigenvalue weighted by molar-refractivity contribution is -0.249. The number of alkyl halides is 1. The summed E-state index contributed by atoms with van der Waals surface area (Å²) in [5, 5.41) is 35.0. The molecule has 4 N–H and O–H groups in total. The highest BCUT2D eigenvalue weighted by Gasteiger charge is 2.42. The fraction of sp³-hybridized carbons (Fsp3) is 1.00. The quantitative estimate of drug-likeness (QED) is 0.367. The fourth-order valence-electron chi connectivity index (χ4n) is 1.06. The first-order valence-electron chi connectivity index (χ1n) is 3.52. The molecule has 5 atom stereocenters. The molecule has 0 aromatic carbocycles. The largest absolute Gasteiger partial charge is 0.394 e. The highest BCUT2D eigenvalue weighted by molar-refractivity contribution is 6.21. The highest BCUT2D eigenvalue weighted by Crippen LogP contribution is 2.23. The third-order valence-corrected chi connectivity index (χ3v) is 2.36. The summed E-state index contributed by atoms with van der Waals surface area (Å²) in [4.78, 5) is 0. The standard InChI is InChI=1S/C6H11ClO5/c7-3-2(1-8)12-6(11)5(10)4(3)9/h2-6,8-11H,1H2/t2-,3+,4+,5-,6?/m1/s1. The van der Waals surface area contributed by atoms with E-state index in [1.165, 1.54) is 0 Å². The molecule has 12 heavy (non-hydrogen) atoms. The molecule has 6 heteroatoms. The summed E-state index contributed by atoms with van der Waals surface area (Å²) in [6.07, 6.45) is -5.05. The average Bonchev–Trinajstić information content (AvgIpc) is 2.08. The van der Waals surface area contributed by atoms with Gasteiger partial charge in [0.2, 0.25) is 0 Å². The zero-order chi connectivity index (χ0) is 9.30. The topological polar surface area (TPSA) is 90.2 Å². The first-order chi connectivity index (χ1) is 5.57. The van der Waals surface area contributed by atoms with Gasteiger partial charge in [-0.25, -0.2) is 0 Å². The van der Waals surface area contributed by atoms with E-state index in [0.29, 0.717) is 0 Å². The molecule has 0 bridgehead atoms. The second kappa shape index (κ2) is 3.87. The van der Waals surface area contributed by atoms with E-state index in [0.717, 1.165) is 0 Å². The third kappa shape index (κ3) is 1.71. The van der Waals surface area contributed by atoms with Gasteiger partial charge in [0.25, 0.3) is 0 Å². The van der Waals surface area contributed by atoms with E-state index in [4.69, 9.17) is 31.7 Å². The van der Waals surface area contributed by atoms with Crippen LogP contribution in [0.5, 0.6) is 0 Å². The molecule has 72 valence electrons. The van der Waals surface area contributed by atoms with Gasteiger partial charge in [-0.2, -0.15) is 0 Å². The van der Waals surface area contributed by atoms with Crippen LogP contribution < -0.4 is 0 Å². The predicted octanol–water partition coefficient (Wildman–Crippen LogP) is -1.97. The number of aliphatic hydroxyl groups is 4. The van der Waals surface area contributed by atoms with Crippen LogP contribution in [0.25, 0.3) is 0 Å². The Labute approximate surface area is 74.2 Å². The van der Waals surface area contributed by atoms with Crippen molar-refractivity contribution >= 4 is 11.6 Å². The molecule has 1 rings (SSSR count). The maximum Gasteiger partial charge on any atom is 0.183 e. The van der Waals surface area contributed by atoms with Gasteiger partial charge in [-0.3, -0.25) is 0 Å². The summed E-state index contributed by atoms with van der Waals surface area (Å²) < 4.78 is 4.69. The molecule has 5 nitrogen and oxygen atoms in total. The Hall–Kier alpha value is 0.0900. The normalized spacial score (nSPS) is 49.2. The number of aliphatic hydroxyl groups excluding tert-OH is 4. The summed E-state index contributed by atoms with van der Waals surface area (Å²) in [6, 6.07) is 0. The van der Waals surface area contributed by atoms with Gasteiger partial charge in [0, 0.05) is 0 Å². The van der Waals surface area contributed by atoms with Gasteiger partial charge < -0.3 is 25.2 Å². The molecule has 0 aliphatic carbocycles. The zero-order valence-electron chi connectivity index (χ0n) is 6.17. The van der Waals surface area contributed by atoms with Gasteiger partial charge in [-0.15, -0.1) is 11.6 Å². The molecule has 0 radical (unpaired) electrons. The lowest BCUT2D eigenvalue weighted by atomic mass is 10.0. The number of halogens is 1. The Morgan fingerprint density at radius 2 is 1.75 bits per heavy atom. The monoisotopic (exact) mass is 198 g/mol. The summed E-state index contributed by atoms with van der Waals surface area (Å²) in [6.45, 7) is -0.408. The van der Waals surface area contributed by atoms with E-state index in [-0.39, 0.29) is 0 Å². The van der Waals surface area contributed by atoms with Gasteiger partial charge in [-0.1, -0.05) is 0 Å². The maximum atomic E-state index is 9.19. The van der Waals surface area contributed by atoms with E-state index in [1.807, 2.05) is 0 Å². The van der Waals surface area contributed by atoms with Crippen LogP contribution in [0.3, 0.4) is 0 Å². The van der Waals surface area contributed by atoms with Crippen molar-refractivity contribution in [2.45, 2.75) is 30.0 Å². The van der Waals surface area contributed by atoms with Crippen LogP contribution in [0.15, 0.2) is 0 Å². The van der Waals surface area contributed by atoms with Crippen molar-refractivity contribution in [1.82, 2.24) is 0 Å². The van der Waals surface area contributed by atoms with Crippen LogP contribution in [0.2, 0.25) is 0 Å². The minimum absolute atomic E-state index is 0.408. The molecule has 0 aromatic rings. The van der Waals surface area contributed by atoms with Crippen molar-refractivity contribution in [2.24, 2.45) is 0 Å². The molecule has 0 amide bonds. The van der Waals surface area contributed by atoms with Crippen molar-refractivity contribution in [2.75, 3.05) is 6.61 Å². The van der Waals surface area contributed by atoms with Crippen LogP contribution in [-0.4, -0.2) is 57.0 Å². The molecular weight excluding hydrogens is 188 g/mol. The van der Waals surface area contributed by atoms with E-state index in [9.17, 15) is 5.11 Å². The Morgan fingerprint density at radius 3 is 2.25 bits per heavy atom. The van der Waals surface area contributed by atoms with Gasteiger partial charge in [-0.05, 0) is 0 Å². The SMILES string of the molecule is OC[C@H]1OC(O)[C@H](O)[C@@H](O)[C@H]1Cl. The summed E-state index contributed by atoms with van der Waals surface area (Å²) in [5.41, 5.74) is 0. The lowest BCUT2D eigenvalue weighted by Gasteiger charge is -2.37. The van der Waals surface area contributed by atoms with Gasteiger partial charge in [0.15, 0.2) is 6.29 Å². The molecule has 0 spiro atoms. The van der Waals surface area contributed by atoms with E-state index in [1.54, 1.807) is 0 Å². The number of hydrogen-bond acceptors (Lipinski definition) is 5. The van der Waals surface area contributed by atoms with E-state index in [2.05, 4.69) is 0 Å². The third-order valence-electron chi connectivity index (χ3n) is 1.82. The highest BCUT2D eigenvalue weighted by atomic mass is 35.5. The number of hydrogen-bond donors (Lipinski definition) is 4. The molecule has 0 aromatic heterocycles. The molecule has 1 aliphatic heterocycles. The van der Waals surface area contributed by atoms with Crippen molar-refractivity contribution in [3.63, 3.8) is 0 Å². The molecule has 1 heterocycles. The van der Waals surface area contributed by atoms with Crippen LogP contribution in [0, 0.1) is 0 Å². The number of ether oxygens (including phenoxy) is 1. The Morgan fingerprint density at radius 1 is 1.17 bits per heavy atom. The molecule has 1 saturated heterocycles. The van der Waals surface area contributed by atoms with Crippen molar-refractivity contribution in [1.29, 1.82) is 0 Å². The Bertz CT molecular complexity index is 150. The van der Waals surface area contributed by atoms with Gasteiger partial charge in [0.1, 0.15) is 18.3 Å². The predicted molar refractivity (Wildman–Crippen MR) is 39.6 cm³/mol. The van der Waals surface area contributed by atoms with Crippen molar-refractivity contribution < 1.29 is 25.2 Å². The first-order valence-corrected chi connectivity index (χ1v) is 3.96. The number of rotatable bonds is 1. The minimum atomic E-state index is -1.49. The second-order valence-electron chi connectivity index (χ2n) is 2.67. The molecular formula is C6H11ClO5. The van der Waals surface area contributed by atoms with Crippen LogP contribution in [0.4, 0.5) is 0 Å². The van der Waals surface area contributed by atoms with Gasteiger partial charge >= 0.3 is 0 Å². The zero-order valence-corrected chi connectivity index (χ0v) is 6.92. The molecule has 1 unspecified atom stereocenters. The molecule has 0 saturated carbocycles. The van der Waals surface area contributed by atoms with Crippen molar-refractivity contribution in [3.05, 3.63) is 0 Å². The van der Waals surface area contributed by atoms with E-state index < -0.39 is 36.6 Å². The van der Waals surface area contributed by atoms with Crippen LogP contribution in [0.1, 0.15) is 0 Å². The van der Waals surface area contributed by atoms with E-state index >= 15 is 0 Å². The minimum Gasteiger partial charge on any atom is -0.394 e. The van der Waals surface area contributed by atoms with Crippen LogP contribution >= 0.6 is 11.6 Å². The fourth-order valence-corrected chi connectivity index (χ4v) is 1.34. The molecule has 1 aliphatic rings. The Kier molecular flexibility index (Phi) is 3.28. The summed E-state index contributed by atoms with van der Waals surface area (Å²) in [7, 11) is 0. The summed E-state index contributed by atoms with van der Waals surface area (Å²) in [5.74, 6) is 0. The smallest absolute Gasteiger partial charge is 0.183 e. The average molecular weight is 199 g/mol.